The molecule has 0 spiro atoms. The highest BCUT2D eigenvalue weighted by Gasteiger charge is 2.09. The molecular formula is C11H17NOS. The zero-order chi connectivity index (χ0) is 10.4. The highest BCUT2D eigenvalue weighted by molar-refractivity contribution is 7.99. The van der Waals surface area contributed by atoms with E-state index in [1.807, 2.05) is 24.3 Å². The Balaban J connectivity index is 2.51. The van der Waals surface area contributed by atoms with Crippen molar-refractivity contribution in [2.24, 2.45) is 0 Å². The van der Waals surface area contributed by atoms with Gasteiger partial charge in [0, 0.05) is 17.0 Å². The second-order valence-electron chi connectivity index (χ2n) is 3.22. The van der Waals surface area contributed by atoms with E-state index in [1.54, 1.807) is 11.8 Å². The molecule has 0 aliphatic rings. The highest BCUT2D eigenvalue weighted by atomic mass is 32.2. The van der Waals surface area contributed by atoms with Gasteiger partial charge in [-0.1, -0.05) is 25.1 Å². The van der Waals surface area contributed by atoms with Crippen LogP contribution in [0.15, 0.2) is 24.3 Å². The van der Waals surface area contributed by atoms with Crippen LogP contribution in [0, 0.1) is 0 Å². The maximum absolute atomic E-state index is 9.83. The molecule has 0 saturated carbocycles. The molecule has 0 radical (unpaired) electrons. The van der Waals surface area contributed by atoms with Crippen LogP contribution in [0.4, 0.5) is 5.69 Å². The first kappa shape index (κ1) is 11.4. The second-order valence-corrected chi connectivity index (χ2v) is 4.37. The van der Waals surface area contributed by atoms with Crippen molar-refractivity contribution >= 4 is 17.4 Å². The van der Waals surface area contributed by atoms with Crippen molar-refractivity contribution in [2.75, 3.05) is 17.2 Å². The van der Waals surface area contributed by atoms with Gasteiger partial charge in [0.1, 0.15) is 0 Å². The lowest BCUT2D eigenvalue weighted by Crippen LogP contribution is -2.04. The van der Waals surface area contributed by atoms with E-state index in [-0.39, 0.29) is 0 Å². The lowest BCUT2D eigenvalue weighted by Gasteiger charge is -2.12. The Kier molecular flexibility index (Phi) is 4.84. The zero-order valence-electron chi connectivity index (χ0n) is 8.44. The number of para-hydroxylation sites is 1. The van der Waals surface area contributed by atoms with Gasteiger partial charge in [-0.25, -0.2) is 0 Å². The van der Waals surface area contributed by atoms with E-state index in [9.17, 15) is 5.11 Å². The molecule has 1 atom stereocenters. The zero-order valence-corrected chi connectivity index (χ0v) is 9.26. The van der Waals surface area contributed by atoms with Crippen molar-refractivity contribution in [2.45, 2.75) is 19.4 Å². The van der Waals surface area contributed by atoms with Crippen molar-refractivity contribution in [1.29, 1.82) is 0 Å². The fourth-order valence-electron chi connectivity index (χ4n) is 1.24. The summed E-state index contributed by atoms with van der Waals surface area (Å²) in [7, 11) is 0. The van der Waals surface area contributed by atoms with Crippen LogP contribution in [0.3, 0.4) is 0 Å². The lowest BCUT2D eigenvalue weighted by molar-refractivity contribution is 0.205. The number of hydrogen-bond acceptors (Lipinski definition) is 3. The molecule has 0 bridgehead atoms. The largest absolute Gasteiger partial charge is 0.398 e. The van der Waals surface area contributed by atoms with E-state index in [4.69, 9.17) is 5.73 Å². The fraction of sp³-hybridized carbons (Fsp3) is 0.455. The first-order chi connectivity index (χ1) is 6.75. The summed E-state index contributed by atoms with van der Waals surface area (Å²) >= 11 is 1.76. The maximum atomic E-state index is 9.83. The van der Waals surface area contributed by atoms with Crippen molar-refractivity contribution < 1.29 is 5.11 Å². The summed E-state index contributed by atoms with van der Waals surface area (Å²) in [5.41, 5.74) is 7.28. The van der Waals surface area contributed by atoms with Crippen LogP contribution in [0.5, 0.6) is 0 Å². The lowest BCUT2D eigenvalue weighted by atomic mass is 10.1. The Bertz CT molecular complexity index is 278. The first-order valence-electron chi connectivity index (χ1n) is 4.86. The van der Waals surface area contributed by atoms with Crippen LogP contribution in [0.25, 0.3) is 0 Å². The molecule has 0 amide bonds. The van der Waals surface area contributed by atoms with Crippen molar-refractivity contribution in [3.63, 3.8) is 0 Å². The topological polar surface area (TPSA) is 46.2 Å². The van der Waals surface area contributed by atoms with Crippen LogP contribution in [-0.4, -0.2) is 16.6 Å². The van der Waals surface area contributed by atoms with Crippen LogP contribution in [-0.2, 0) is 0 Å². The smallest absolute Gasteiger partial charge is 0.0900 e. The van der Waals surface area contributed by atoms with Gasteiger partial charge in [0.25, 0.3) is 0 Å². The first-order valence-corrected chi connectivity index (χ1v) is 6.01. The molecule has 2 nitrogen and oxygen atoms in total. The molecule has 0 aromatic heterocycles. The molecular weight excluding hydrogens is 194 g/mol. The van der Waals surface area contributed by atoms with Gasteiger partial charge in [0.2, 0.25) is 0 Å². The minimum absolute atomic E-state index is 0.437. The quantitative estimate of drug-likeness (QED) is 0.581. The monoisotopic (exact) mass is 211 g/mol. The normalized spacial score (nSPS) is 12.7. The van der Waals surface area contributed by atoms with Crippen LogP contribution >= 0.6 is 11.8 Å². The number of nitrogens with two attached hydrogens (primary N) is 1. The molecule has 0 fully saturated rings. The van der Waals surface area contributed by atoms with Crippen molar-refractivity contribution in [1.82, 2.24) is 0 Å². The van der Waals surface area contributed by atoms with E-state index >= 15 is 0 Å². The van der Waals surface area contributed by atoms with Gasteiger partial charge < -0.3 is 10.8 Å². The third-order valence-corrected chi connectivity index (χ3v) is 3.23. The molecule has 0 heterocycles. The number of hydrogen-bond donors (Lipinski definition) is 2. The average molecular weight is 211 g/mol. The van der Waals surface area contributed by atoms with Crippen molar-refractivity contribution in [3.8, 4) is 0 Å². The summed E-state index contributed by atoms with van der Waals surface area (Å²) < 4.78 is 0. The van der Waals surface area contributed by atoms with Gasteiger partial charge in [-0.05, 0) is 18.2 Å². The van der Waals surface area contributed by atoms with E-state index in [0.29, 0.717) is 5.69 Å². The number of aliphatic hydroxyl groups excluding tert-OH is 1. The summed E-state index contributed by atoms with van der Waals surface area (Å²) in [6, 6.07) is 7.49. The van der Waals surface area contributed by atoms with Gasteiger partial charge in [-0.3, -0.25) is 0 Å². The summed E-state index contributed by atoms with van der Waals surface area (Å²) in [6.07, 6.45) is 0.703. The van der Waals surface area contributed by atoms with Gasteiger partial charge in [0.05, 0.1) is 6.10 Å². The predicted molar refractivity (Wildman–Crippen MR) is 63.4 cm³/mol. The molecule has 0 saturated heterocycles. The molecule has 1 rings (SSSR count). The van der Waals surface area contributed by atoms with Crippen molar-refractivity contribution in [3.05, 3.63) is 29.8 Å². The Labute approximate surface area is 89.5 Å². The number of benzene rings is 1. The Morgan fingerprint density at radius 1 is 1.43 bits per heavy atom. The number of aliphatic hydroxyl groups is 1. The standard InChI is InChI=1S/C11H17NOS/c1-2-7-14-8-11(13)9-5-3-4-6-10(9)12/h3-6,11,13H,2,7-8,12H2,1H3. The molecule has 3 heteroatoms. The summed E-state index contributed by atoms with van der Waals surface area (Å²) in [5.74, 6) is 1.81. The molecule has 1 aromatic carbocycles. The number of nitrogen functional groups attached to an aromatic ring is 1. The predicted octanol–water partition coefficient (Wildman–Crippen LogP) is 2.45. The van der Waals surface area contributed by atoms with Crippen LogP contribution < -0.4 is 5.73 Å². The summed E-state index contributed by atoms with van der Waals surface area (Å²) in [5, 5.41) is 9.83. The summed E-state index contributed by atoms with van der Waals surface area (Å²) in [4.78, 5) is 0. The highest BCUT2D eigenvalue weighted by Crippen LogP contribution is 2.23. The second kappa shape index (κ2) is 5.94. The van der Waals surface area contributed by atoms with Gasteiger partial charge >= 0.3 is 0 Å². The molecule has 14 heavy (non-hydrogen) atoms. The number of rotatable bonds is 5. The Hall–Kier alpha value is -0.670. The average Bonchev–Trinajstić information content (AvgIpc) is 2.18. The van der Waals surface area contributed by atoms with Gasteiger partial charge in [-0.2, -0.15) is 11.8 Å². The maximum Gasteiger partial charge on any atom is 0.0900 e. The third-order valence-electron chi connectivity index (χ3n) is 1.98. The van der Waals surface area contributed by atoms with Crippen LogP contribution in [0.1, 0.15) is 25.0 Å². The van der Waals surface area contributed by atoms with E-state index in [2.05, 4.69) is 6.92 Å². The third kappa shape index (κ3) is 3.24. The minimum Gasteiger partial charge on any atom is -0.398 e. The number of thioether (sulfide) groups is 1. The SMILES string of the molecule is CCCSCC(O)c1ccccc1N. The molecule has 0 aliphatic carbocycles. The molecule has 1 aromatic rings. The molecule has 1 unspecified atom stereocenters. The number of anilines is 1. The molecule has 78 valence electrons. The van der Waals surface area contributed by atoms with Gasteiger partial charge in [-0.15, -0.1) is 0 Å². The minimum atomic E-state index is -0.437. The molecule has 0 aliphatic heterocycles. The van der Waals surface area contributed by atoms with Gasteiger partial charge in [0.15, 0.2) is 0 Å². The molecule has 3 N–H and O–H groups in total. The van der Waals surface area contributed by atoms with Crippen LogP contribution in [0.2, 0.25) is 0 Å². The fourth-order valence-corrected chi connectivity index (χ4v) is 2.10. The van der Waals surface area contributed by atoms with E-state index in [1.165, 1.54) is 0 Å². The summed E-state index contributed by atoms with van der Waals surface area (Å²) in [6.45, 7) is 2.14. The van der Waals surface area contributed by atoms with E-state index in [0.717, 1.165) is 23.5 Å². The Morgan fingerprint density at radius 2 is 2.14 bits per heavy atom. The Morgan fingerprint density at radius 3 is 2.79 bits per heavy atom. The van der Waals surface area contributed by atoms with E-state index < -0.39 is 6.10 Å².